The highest BCUT2D eigenvalue weighted by Crippen LogP contribution is 2.43. The second-order valence-corrected chi connectivity index (χ2v) is 15.5. The molecule has 0 aliphatic rings. The second kappa shape index (κ2) is 17.8. The van der Waals surface area contributed by atoms with Gasteiger partial charge in [0.15, 0.2) is 4.90 Å². The summed E-state index contributed by atoms with van der Waals surface area (Å²) in [6.07, 6.45) is 2.15. The van der Waals surface area contributed by atoms with E-state index >= 15 is 0 Å². The largest absolute Gasteiger partial charge is 0.493 e. The lowest BCUT2D eigenvalue weighted by molar-refractivity contribution is -0.387. The summed E-state index contributed by atoms with van der Waals surface area (Å²) in [7, 11) is -2.41. The number of carbonyl (C=O) groups is 1. The number of aryl methyl sites for hydroxylation is 3. The minimum atomic E-state index is -4.20. The first-order chi connectivity index (χ1) is 27.4. The van der Waals surface area contributed by atoms with Gasteiger partial charge in [-0.15, -0.1) is 0 Å². The number of sulfonamides is 1. The number of halogens is 2. The molecule has 6 rings (SSSR count). The molecule has 13 nitrogen and oxygen atoms in total. The van der Waals surface area contributed by atoms with Crippen molar-refractivity contribution in [1.29, 1.82) is 0 Å². The molecule has 0 spiro atoms. The normalized spacial score (nSPS) is 11.8. The summed E-state index contributed by atoms with van der Waals surface area (Å²) in [6, 6.07) is 18.7. The number of nitrogens with zero attached hydrogens (tertiary/aromatic N) is 4. The van der Waals surface area contributed by atoms with E-state index in [4.69, 9.17) is 21.1 Å². The number of nitrogens with one attached hydrogen (secondary N) is 1. The highest BCUT2D eigenvalue weighted by molar-refractivity contribution is 7.89. The van der Waals surface area contributed by atoms with Gasteiger partial charge in [-0.3, -0.25) is 14.8 Å². The van der Waals surface area contributed by atoms with Crippen molar-refractivity contribution in [2.45, 2.75) is 64.0 Å². The molecule has 0 unspecified atom stereocenters. The van der Waals surface area contributed by atoms with Gasteiger partial charge in [-0.05, 0) is 86.4 Å². The molecule has 2 aromatic heterocycles. The van der Waals surface area contributed by atoms with Gasteiger partial charge in [0.05, 0.1) is 41.0 Å². The number of nitro groups is 1. The number of hydrogen-bond donors (Lipinski definition) is 2. The number of ether oxygens (including phenoxy) is 2. The molecule has 2 heterocycles. The molecule has 0 aliphatic carbocycles. The molecule has 0 radical (unpaired) electrons. The third-order valence-electron chi connectivity index (χ3n) is 9.80. The van der Waals surface area contributed by atoms with E-state index in [9.17, 15) is 32.8 Å². The molecular formula is C41H43ClFN5O8S. The standard InChI is InChI=1S/C41H43ClFN5O8S/c1-4-33-38(32(25-49)45-46(33)3)37-31(42)20-19-30-29(13-11-23-56-35-15-10-12-26-24-27(43)17-18-28(26)35)40(41(50)55-5-2)47(39(30)37)22-9-8-21-44-57(53,54)36-16-7-6-14-34(36)48(51)52/h6-7,10,12,14-20,24,44,49H,4-5,8-9,11,13,21-23,25H2,1-3H3. The summed E-state index contributed by atoms with van der Waals surface area (Å²) in [6.45, 7) is 3.94. The van der Waals surface area contributed by atoms with Crippen LogP contribution in [0.1, 0.15) is 60.5 Å². The number of benzene rings is 4. The minimum Gasteiger partial charge on any atom is -0.493 e. The quantitative estimate of drug-likeness (QED) is 0.0379. The molecule has 0 bridgehead atoms. The van der Waals surface area contributed by atoms with Crippen LogP contribution in [-0.2, 0) is 47.8 Å². The Morgan fingerprint density at radius 2 is 1.79 bits per heavy atom. The van der Waals surface area contributed by atoms with E-state index in [-0.39, 0.29) is 38.7 Å². The van der Waals surface area contributed by atoms with Crippen molar-refractivity contribution in [3.05, 3.63) is 116 Å². The van der Waals surface area contributed by atoms with Gasteiger partial charge in [-0.2, -0.15) is 5.10 Å². The van der Waals surface area contributed by atoms with Gasteiger partial charge in [0.2, 0.25) is 10.0 Å². The molecule has 16 heteroatoms. The summed E-state index contributed by atoms with van der Waals surface area (Å²) in [5, 5.41) is 29.1. The van der Waals surface area contributed by atoms with E-state index in [0.29, 0.717) is 81.9 Å². The van der Waals surface area contributed by atoms with Gasteiger partial charge in [0.1, 0.15) is 17.3 Å². The fraction of sp³-hybridized carbons (Fsp3) is 0.317. The lowest BCUT2D eigenvalue weighted by atomic mass is 9.97. The summed E-state index contributed by atoms with van der Waals surface area (Å²) in [4.78, 5) is 24.3. The van der Waals surface area contributed by atoms with E-state index in [1.54, 1.807) is 36.9 Å². The summed E-state index contributed by atoms with van der Waals surface area (Å²) in [5.41, 5.74) is 3.62. The maximum Gasteiger partial charge on any atom is 0.355 e. The molecule has 0 fully saturated rings. The maximum atomic E-state index is 14.0. The summed E-state index contributed by atoms with van der Waals surface area (Å²) in [5.74, 6) is -0.290. The number of fused-ring (bicyclic) bond motifs is 2. The smallest absolute Gasteiger partial charge is 0.355 e. The van der Waals surface area contributed by atoms with E-state index in [2.05, 4.69) is 9.82 Å². The van der Waals surface area contributed by atoms with Gasteiger partial charge in [-0.1, -0.05) is 48.9 Å². The van der Waals surface area contributed by atoms with Gasteiger partial charge < -0.3 is 19.1 Å². The average Bonchev–Trinajstić information content (AvgIpc) is 3.68. The first-order valence-corrected chi connectivity index (χ1v) is 20.5. The number of carbonyl (C=O) groups excluding carboxylic acids is 1. The molecular weight excluding hydrogens is 777 g/mol. The van der Waals surface area contributed by atoms with Crippen LogP contribution in [0.5, 0.6) is 5.75 Å². The number of para-hydroxylation sites is 1. The van der Waals surface area contributed by atoms with Crippen LogP contribution in [0.15, 0.2) is 77.7 Å². The van der Waals surface area contributed by atoms with E-state index in [0.717, 1.165) is 22.5 Å². The van der Waals surface area contributed by atoms with Crippen LogP contribution < -0.4 is 9.46 Å². The zero-order valence-electron chi connectivity index (χ0n) is 31.8. The first kappa shape index (κ1) is 41.3. The van der Waals surface area contributed by atoms with Crippen molar-refractivity contribution in [2.75, 3.05) is 19.8 Å². The van der Waals surface area contributed by atoms with E-state index < -0.39 is 31.5 Å². The molecule has 2 N–H and O–H groups in total. The number of unbranched alkanes of at least 4 members (excludes halogenated alkanes) is 1. The Balaban J connectivity index is 1.37. The van der Waals surface area contributed by atoms with Crippen LogP contribution in [0, 0.1) is 15.9 Å². The highest BCUT2D eigenvalue weighted by atomic mass is 35.5. The Morgan fingerprint density at radius 3 is 2.53 bits per heavy atom. The molecule has 0 saturated carbocycles. The van der Waals surface area contributed by atoms with E-state index in [1.165, 1.54) is 30.3 Å². The topological polar surface area (TPSA) is 168 Å². The molecule has 4 aromatic carbocycles. The Hall–Kier alpha value is -5.35. The van der Waals surface area contributed by atoms with Gasteiger partial charge in [0.25, 0.3) is 5.69 Å². The number of esters is 1. The van der Waals surface area contributed by atoms with Crippen molar-refractivity contribution in [1.82, 2.24) is 19.1 Å². The first-order valence-electron chi connectivity index (χ1n) is 18.6. The fourth-order valence-electron chi connectivity index (χ4n) is 7.36. The monoisotopic (exact) mass is 819 g/mol. The fourth-order valence-corrected chi connectivity index (χ4v) is 8.85. The molecule has 0 amide bonds. The molecule has 0 saturated heterocycles. The lowest BCUT2D eigenvalue weighted by Gasteiger charge is -2.15. The van der Waals surface area contributed by atoms with Crippen LogP contribution in [0.3, 0.4) is 0 Å². The average molecular weight is 820 g/mol. The SMILES string of the molecule is CCOC(=O)c1c(CCCOc2cccc3cc(F)ccc23)c2ccc(Cl)c(-c3c(CO)nn(C)c3CC)c2n1CCCCNS(=O)(=O)c1ccccc1[N+](=O)[O-]. The Labute approximate surface area is 334 Å². The Kier molecular flexibility index (Phi) is 12.9. The maximum absolute atomic E-state index is 14.0. The zero-order chi connectivity index (χ0) is 40.9. The predicted molar refractivity (Wildman–Crippen MR) is 216 cm³/mol. The van der Waals surface area contributed by atoms with Crippen LogP contribution in [-0.4, -0.2) is 58.5 Å². The highest BCUT2D eigenvalue weighted by Gasteiger charge is 2.30. The van der Waals surface area contributed by atoms with Gasteiger partial charge in [0, 0.05) is 53.8 Å². The van der Waals surface area contributed by atoms with Crippen molar-refractivity contribution < 1.29 is 37.1 Å². The van der Waals surface area contributed by atoms with Crippen molar-refractivity contribution in [3.8, 4) is 16.9 Å². The van der Waals surface area contributed by atoms with Crippen LogP contribution in [0.4, 0.5) is 10.1 Å². The van der Waals surface area contributed by atoms with Crippen molar-refractivity contribution >= 4 is 55.0 Å². The van der Waals surface area contributed by atoms with Crippen molar-refractivity contribution in [3.63, 3.8) is 0 Å². The molecule has 57 heavy (non-hydrogen) atoms. The molecule has 0 atom stereocenters. The zero-order valence-corrected chi connectivity index (χ0v) is 33.3. The minimum absolute atomic E-state index is 0.0296. The number of aromatic nitrogens is 3. The molecule has 0 aliphatic heterocycles. The number of hydrogen-bond acceptors (Lipinski definition) is 9. The Bertz CT molecular complexity index is 2570. The third-order valence-corrected chi connectivity index (χ3v) is 11.6. The van der Waals surface area contributed by atoms with Crippen LogP contribution in [0.2, 0.25) is 5.02 Å². The number of aliphatic hydroxyl groups excluding tert-OH is 1. The lowest BCUT2D eigenvalue weighted by Crippen LogP contribution is -2.25. The second-order valence-electron chi connectivity index (χ2n) is 13.3. The number of aliphatic hydroxyl groups is 1. The van der Waals surface area contributed by atoms with E-state index in [1.807, 2.05) is 29.7 Å². The molecule has 6 aromatic rings. The molecule has 300 valence electrons. The summed E-state index contributed by atoms with van der Waals surface area (Å²) >= 11 is 7.04. The van der Waals surface area contributed by atoms with Gasteiger partial charge >= 0.3 is 5.97 Å². The van der Waals surface area contributed by atoms with Crippen molar-refractivity contribution in [2.24, 2.45) is 7.05 Å². The number of nitro benzene ring substituents is 1. The Morgan fingerprint density at radius 1 is 1.02 bits per heavy atom. The van der Waals surface area contributed by atoms with Crippen LogP contribution >= 0.6 is 11.6 Å². The number of rotatable bonds is 18. The predicted octanol–water partition coefficient (Wildman–Crippen LogP) is 7.90. The van der Waals surface area contributed by atoms with Crippen LogP contribution in [0.25, 0.3) is 32.8 Å². The van der Waals surface area contributed by atoms with Gasteiger partial charge in [-0.25, -0.2) is 22.3 Å². The third kappa shape index (κ3) is 8.52. The summed E-state index contributed by atoms with van der Waals surface area (Å²) < 4.78 is 58.0.